The van der Waals surface area contributed by atoms with Crippen LogP contribution in [0.25, 0.3) is 0 Å². The van der Waals surface area contributed by atoms with Crippen LogP contribution in [-0.4, -0.2) is 21.6 Å². The van der Waals surface area contributed by atoms with E-state index in [2.05, 4.69) is 12.1 Å². The average molecular weight is 331 g/mol. The number of aliphatic hydroxyl groups excluding tert-OH is 1. The molecule has 4 heteroatoms. The van der Waals surface area contributed by atoms with Crippen molar-refractivity contribution in [1.82, 2.24) is 4.90 Å². The maximum absolute atomic E-state index is 11.1. The molecule has 0 amide bonds. The molecule has 4 nitrogen and oxygen atoms in total. The second kappa shape index (κ2) is 7.49. The van der Waals surface area contributed by atoms with Crippen LogP contribution in [0.3, 0.4) is 0 Å². The fourth-order valence-corrected chi connectivity index (χ4v) is 3.69. The first kappa shape index (κ1) is 17.2. The van der Waals surface area contributed by atoms with Crippen LogP contribution in [0.15, 0.2) is 60.7 Å². The van der Waals surface area contributed by atoms with Gasteiger partial charge in [-0.15, -0.1) is 0 Å². The van der Waals surface area contributed by atoms with Gasteiger partial charge >= 0.3 is 0 Å². The smallest absolute Gasteiger partial charge is 0.140 e. The van der Waals surface area contributed by atoms with Crippen LogP contribution in [-0.2, 0) is 6.54 Å². The summed E-state index contributed by atoms with van der Waals surface area (Å²) < 4.78 is 0. The van der Waals surface area contributed by atoms with Crippen molar-refractivity contribution >= 4 is 0 Å². The Kier molecular flexibility index (Phi) is 5.14. The predicted octanol–water partition coefficient (Wildman–Crippen LogP) is 3.56. The number of hydrogen-bond acceptors (Lipinski definition) is 4. The third-order valence-corrected chi connectivity index (χ3v) is 5.03. The minimum Gasteiger partial charge on any atom is -0.385 e. The van der Waals surface area contributed by atoms with Crippen LogP contribution in [0.4, 0.5) is 0 Å². The summed E-state index contributed by atoms with van der Waals surface area (Å²) in [6.07, 6.45) is 1.05. The molecule has 0 aromatic heterocycles. The molecule has 2 aromatic carbocycles. The van der Waals surface area contributed by atoms with E-state index in [-0.39, 0.29) is 6.04 Å². The summed E-state index contributed by atoms with van der Waals surface area (Å²) in [5.74, 6) is 0. The Morgan fingerprint density at radius 2 is 1.72 bits per heavy atom. The molecule has 126 valence electrons. The van der Waals surface area contributed by atoms with Gasteiger partial charge in [0.1, 0.15) is 11.6 Å². The molecule has 3 atom stereocenters. The molecular formula is C21H21N3O. The zero-order valence-electron chi connectivity index (χ0n) is 14.0. The lowest BCUT2D eigenvalue weighted by Crippen LogP contribution is -2.58. The summed E-state index contributed by atoms with van der Waals surface area (Å²) >= 11 is 0. The van der Waals surface area contributed by atoms with E-state index in [0.717, 1.165) is 12.0 Å². The lowest BCUT2D eigenvalue weighted by molar-refractivity contribution is -0.0432. The number of likely N-dealkylation sites (tertiary alicyclic amines) is 1. The van der Waals surface area contributed by atoms with Crippen LogP contribution in [0.5, 0.6) is 0 Å². The maximum Gasteiger partial charge on any atom is 0.140 e. The third kappa shape index (κ3) is 3.28. The molecule has 2 aromatic rings. The quantitative estimate of drug-likeness (QED) is 0.930. The Hall–Kier alpha value is -2.66. The van der Waals surface area contributed by atoms with Crippen molar-refractivity contribution in [3.05, 3.63) is 71.8 Å². The number of benzene rings is 2. The van der Waals surface area contributed by atoms with Crippen LogP contribution >= 0.6 is 0 Å². The van der Waals surface area contributed by atoms with E-state index in [1.165, 1.54) is 0 Å². The van der Waals surface area contributed by atoms with Gasteiger partial charge in [-0.25, -0.2) is 0 Å². The van der Waals surface area contributed by atoms with Crippen molar-refractivity contribution in [2.45, 2.75) is 43.5 Å². The largest absolute Gasteiger partial charge is 0.385 e. The van der Waals surface area contributed by atoms with Crippen molar-refractivity contribution < 1.29 is 5.11 Å². The number of aliphatic hydroxyl groups is 1. The highest BCUT2D eigenvalue weighted by atomic mass is 16.3. The molecule has 1 fully saturated rings. The highest BCUT2D eigenvalue weighted by molar-refractivity contribution is 5.29. The Morgan fingerprint density at radius 3 is 2.32 bits per heavy atom. The van der Waals surface area contributed by atoms with Gasteiger partial charge in [0.15, 0.2) is 0 Å². The normalized spacial score (nSPS) is 24.8. The number of nitriles is 2. The Bertz CT molecular complexity index is 778. The molecule has 1 saturated heterocycles. The molecule has 0 saturated carbocycles. The summed E-state index contributed by atoms with van der Waals surface area (Å²) in [7, 11) is 0. The predicted molar refractivity (Wildman–Crippen MR) is 95.0 cm³/mol. The zero-order chi connectivity index (χ0) is 17.7. The molecule has 1 aliphatic heterocycles. The summed E-state index contributed by atoms with van der Waals surface area (Å²) in [4.78, 5) is 1.89. The van der Waals surface area contributed by atoms with Gasteiger partial charge in [0.25, 0.3) is 0 Å². The molecule has 25 heavy (non-hydrogen) atoms. The first-order valence-electron chi connectivity index (χ1n) is 8.56. The lowest BCUT2D eigenvalue weighted by atomic mass is 9.77. The van der Waals surface area contributed by atoms with Gasteiger partial charge in [-0.2, -0.15) is 10.5 Å². The van der Waals surface area contributed by atoms with E-state index in [1.807, 2.05) is 65.6 Å². The standard InChI is InChI=1S/C21H21N3O/c22-14-19-12-7-13-21(16-23,20(25)18-10-5-2-6-11-18)24(19)15-17-8-3-1-4-9-17/h1-6,8-11,19-20,25H,7,12-13,15H2/t19-,20?,21+/m1/s1. The lowest BCUT2D eigenvalue weighted by Gasteiger charge is -2.47. The first-order chi connectivity index (χ1) is 12.2. The zero-order valence-corrected chi connectivity index (χ0v) is 14.0. The summed E-state index contributed by atoms with van der Waals surface area (Å²) in [6.45, 7) is 0.469. The number of nitrogens with zero attached hydrogens (tertiary/aromatic N) is 3. The Morgan fingerprint density at radius 1 is 1.08 bits per heavy atom. The van der Waals surface area contributed by atoms with Crippen molar-refractivity contribution in [3.63, 3.8) is 0 Å². The van der Waals surface area contributed by atoms with Gasteiger partial charge in [-0.3, -0.25) is 4.90 Å². The van der Waals surface area contributed by atoms with Crippen molar-refractivity contribution in [1.29, 1.82) is 10.5 Å². The van der Waals surface area contributed by atoms with Gasteiger partial charge in [0.2, 0.25) is 0 Å². The van der Waals surface area contributed by atoms with Crippen LogP contribution < -0.4 is 0 Å². The van der Waals surface area contributed by atoms with Crippen molar-refractivity contribution in [2.24, 2.45) is 0 Å². The summed E-state index contributed by atoms with van der Waals surface area (Å²) in [6, 6.07) is 23.4. The fourth-order valence-electron chi connectivity index (χ4n) is 3.69. The van der Waals surface area contributed by atoms with Crippen LogP contribution in [0, 0.1) is 22.7 Å². The van der Waals surface area contributed by atoms with E-state index in [9.17, 15) is 15.6 Å². The molecule has 0 radical (unpaired) electrons. The van der Waals surface area contributed by atoms with Crippen molar-refractivity contribution in [3.8, 4) is 12.1 Å². The van der Waals surface area contributed by atoms with E-state index in [1.54, 1.807) is 0 Å². The Labute approximate surface area is 148 Å². The average Bonchev–Trinajstić information content (AvgIpc) is 2.69. The van der Waals surface area contributed by atoms with E-state index >= 15 is 0 Å². The molecule has 1 N–H and O–H groups in total. The van der Waals surface area contributed by atoms with Crippen molar-refractivity contribution in [2.75, 3.05) is 0 Å². The number of hydrogen-bond donors (Lipinski definition) is 1. The molecule has 1 unspecified atom stereocenters. The van der Waals surface area contributed by atoms with E-state index in [4.69, 9.17) is 0 Å². The first-order valence-corrected chi connectivity index (χ1v) is 8.56. The monoisotopic (exact) mass is 331 g/mol. The number of piperidine rings is 1. The van der Waals surface area contributed by atoms with Gasteiger partial charge in [0.05, 0.1) is 18.2 Å². The second-order valence-corrected chi connectivity index (χ2v) is 6.50. The fraction of sp³-hybridized carbons (Fsp3) is 0.333. The van der Waals surface area contributed by atoms with Crippen LogP contribution in [0.1, 0.15) is 36.5 Å². The topological polar surface area (TPSA) is 71.0 Å². The molecule has 0 aliphatic carbocycles. The molecule has 1 aliphatic rings. The summed E-state index contributed by atoms with van der Waals surface area (Å²) in [5.41, 5.74) is 0.640. The summed E-state index contributed by atoms with van der Waals surface area (Å²) in [5, 5.41) is 30.8. The van der Waals surface area contributed by atoms with Gasteiger partial charge in [-0.05, 0) is 30.4 Å². The molecule has 0 spiro atoms. The van der Waals surface area contributed by atoms with Gasteiger partial charge < -0.3 is 5.11 Å². The molecule has 3 rings (SSSR count). The minimum atomic E-state index is -1.10. The second-order valence-electron chi connectivity index (χ2n) is 6.50. The number of rotatable bonds is 4. The van der Waals surface area contributed by atoms with Gasteiger partial charge in [0, 0.05) is 6.54 Å². The Balaban J connectivity index is 2.01. The van der Waals surface area contributed by atoms with Gasteiger partial charge in [-0.1, -0.05) is 60.7 Å². The third-order valence-electron chi connectivity index (χ3n) is 5.03. The minimum absolute atomic E-state index is 0.382. The SMILES string of the molecule is N#C[C@H]1CCC[C@](C#N)(C(O)c2ccccc2)N1Cc1ccccc1. The molecule has 1 heterocycles. The molecule has 0 bridgehead atoms. The molecular weight excluding hydrogens is 310 g/mol. The highest BCUT2D eigenvalue weighted by Crippen LogP contribution is 2.41. The van der Waals surface area contributed by atoms with E-state index < -0.39 is 11.6 Å². The highest BCUT2D eigenvalue weighted by Gasteiger charge is 2.49. The maximum atomic E-state index is 11.1. The van der Waals surface area contributed by atoms with Crippen LogP contribution in [0.2, 0.25) is 0 Å². The van der Waals surface area contributed by atoms with E-state index in [0.29, 0.717) is 24.9 Å².